The number of nitrogens with zero attached hydrogens (tertiary/aromatic N) is 4. The quantitative estimate of drug-likeness (QED) is 0.760. The molecule has 1 fully saturated rings. The van der Waals surface area contributed by atoms with Crippen molar-refractivity contribution in [2.45, 2.75) is 31.8 Å². The molecule has 140 valence electrons. The van der Waals surface area contributed by atoms with E-state index in [4.69, 9.17) is 11.0 Å². The second-order valence-electron chi connectivity index (χ2n) is 6.94. The van der Waals surface area contributed by atoms with Crippen molar-refractivity contribution in [2.75, 3.05) is 23.3 Å². The predicted octanol–water partition coefficient (Wildman–Crippen LogP) is 1.81. The van der Waals surface area contributed by atoms with Crippen LogP contribution in [0.5, 0.6) is 0 Å². The lowest BCUT2D eigenvalue weighted by molar-refractivity contribution is 0.248. The highest BCUT2D eigenvalue weighted by Gasteiger charge is 2.32. The second kappa shape index (κ2) is 8.01. The minimum absolute atomic E-state index is 0.211. The fourth-order valence-electron chi connectivity index (χ4n) is 3.01. The molecule has 4 N–H and O–H groups in total. The van der Waals surface area contributed by atoms with Gasteiger partial charge in [0.25, 0.3) is 0 Å². The molecule has 1 aliphatic heterocycles. The molecule has 1 aromatic carbocycles. The minimum atomic E-state index is -0.291. The topological polar surface area (TPSA) is 120 Å². The van der Waals surface area contributed by atoms with E-state index in [9.17, 15) is 4.79 Å². The Balaban J connectivity index is 1.56. The molecule has 0 saturated carbocycles. The summed E-state index contributed by atoms with van der Waals surface area (Å²) in [6.07, 6.45) is 0. The largest absolute Gasteiger partial charge is 0.351 e. The number of carbonyl (C=O) groups is 1. The summed E-state index contributed by atoms with van der Waals surface area (Å²) in [5.41, 5.74) is 8.39. The number of nitrogens with one attached hydrogen (secondary N) is 2. The Labute approximate surface area is 158 Å². The van der Waals surface area contributed by atoms with Crippen LogP contribution in [-0.4, -0.2) is 41.4 Å². The number of nitrogens with two attached hydrogens (primary N) is 1. The van der Waals surface area contributed by atoms with Crippen LogP contribution in [0.3, 0.4) is 0 Å². The van der Waals surface area contributed by atoms with E-state index in [1.807, 2.05) is 35.2 Å². The van der Waals surface area contributed by atoms with Crippen molar-refractivity contribution in [2.24, 2.45) is 5.73 Å². The Morgan fingerprint density at radius 2 is 1.96 bits per heavy atom. The lowest BCUT2D eigenvalue weighted by atomic mass is 10.0. The van der Waals surface area contributed by atoms with Crippen LogP contribution in [0.25, 0.3) is 0 Å². The van der Waals surface area contributed by atoms with E-state index in [-0.39, 0.29) is 23.8 Å². The molecule has 8 nitrogen and oxygen atoms in total. The number of hydrogen-bond donors (Lipinski definition) is 3. The Kier molecular flexibility index (Phi) is 5.52. The third kappa shape index (κ3) is 4.51. The number of aromatic nitrogens is 2. The normalized spacial score (nSPS) is 19.0. The molecule has 8 heteroatoms. The summed E-state index contributed by atoms with van der Waals surface area (Å²) in [5, 5.41) is 22.4. The van der Waals surface area contributed by atoms with Crippen LogP contribution in [0.4, 0.5) is 16.3 Å². The highest BCUT2D eigenvalue weighted by Crippen LogP contribution is 2.18. The maximum Gasteiger partial charge on any atom is 0.319 e. The molecule has 1 aliphatic rings. The molecule has 0 bridgehead atoms. The van der Waals surface area contributed by atoms with Crippen molar-refractivity contribution in [3.8, 4) is 6.07 Å². The summed E-state index contributed by atoms with van der Waals surface area (Å²) in [6, 6.07) is 12.4. The zero-order valence-electron chi connectivity index (χ0n) is 15.4. The number of amides is 2. The highest BCUT2D eigenvalue weighted by atomic mass is 16.2. The molecule has 0 unspecified atom stereocenters. The van der Waals surface area contributed by atoms with Crippen LogP contribution >= 0.6 is 0 Å². The molecule has 2 heterocycles. The number of hydrogen-bond acceptors (Lipinski definition) is 6. The molecule has 1 aromatic heterocycles. The van der Waals surface area contributed by atoms with Gasteiger partial charge in [0.05, 0.1) is 6.04 Å². The third-order valence-electron chi connectivity index (χ3n) is 4.61. The summed E-state index contributed by atoms with van der Waals surface area (Å²) < 4.78 is 0. The van der Waals surface area contributed by atoms with E-state index in [0.717, 1.165) is 5.69 Å². The zero-order valence-corrected chi connectivity index (χ0v) is 15.4. The molecular weight excluding hydrogens is 342 g/mol. The van der Waals surface area contributed by atoms with Gasteiger partial charge in [-0.05, 0) is 35.7 Å². The fraction of sp³-hybridized carbons (Fsp3) is 0.368. The second-order valence-corrected chi connectivity index (χ2v) is 6.94. The van der Waals surface area contributed by atoms with Gasteiger partial charge in [0, 0.05) is 24.8 Å². The van der Waals surface area contributed by atoms with Gasteiger partial charge in [-0.15, -0.1) is 10.2 Å². The predicted molar refractivity (Wildman–Crippen MR) is 103 cm³/mol. The smallest absolute Gasteiger partial charge is 0.319 e. The lowest BCUT2D eigenvalue weighted by Gasteiger charge is -2.18. The van der Waals surface area contributed by atoms with Gasteiger partial charge in [-0.1, -0.05) is 26.0 Å². The highest BCUT2D eigenvalue weighted by molar-refractivity contribution is 5.89. The molecule has 0 aliphatic carbocycles. The van der Waals surface area contributed by atoms with E-state index in [0.29, 0.717) is 24.8 Å². The van der Waals surface area contributed by atoms with Crippen LogP contribution in [-0.2, 0) is 0 Å². The average molecular weight is 365 g/mol. The first-order valence-electron chi connectivity index (χ1n) is 8.88. The van der Waals surface area contributed by atoms with Gasteiger partial charge in [-0.25, -0.2) is 4.79 Å². The summed E-state index contributed by atoms with van der Waals surface area (Å²) in [4.78, 5) is 14.2. The fourth-order valence-corrected chi connectivity index (χ4v) is 3.01. The Morgan fingerprint density at radius 1 is 1.22 bits per heavy atom. The Hall–Kier alpha value is -3.18. The number of carbonyl (C=O) groups excluding carboxylic acids is 1. The van der Waals surface area contributed by atoms with Gasteiger partial charge >= 0.3 is 6.03 Å². The van der Waals surface area contributed by atoms with Crippen molar-refractivity contribution >= 4 is 17.5 Å². The molecular formula is C19H23N7O. The van der Waals surface area contributed by atoms with Crippen molar-refractivity contribution in [3.05, 3.63) is 47.7 Å². The maximum atomic E-state index is 12.3. The monoisotopic (exact) mass is 365 g/mol. The summed E-state index contributed by atoms with van der Waals surface area (Å²) in [5.74, 6) is 1.08. The van der Waals surface area contributed by atoms with Crippen molar-refractivity contribution < 1.29 is 4.79 Å². The lowest BCUT2D eigenvalue weighted by Crippen LogP contribution is -2.48. The summed E-state index contributed by atoms with van der Waals surface area (Å²) >= 11 is 0. The van der Waals surface area contributed by atoms with Gasteiger partial charge in [-0.2, -0.15) is 5.26 Å². The summed E-state index contributed by atoms with van der Waals surface area (Å²) in [7, 11) is 0. The standard InChI is InChI=1S/C19H23N7O/c1-12(2)13-3-5-14(6-4-13)22-19(27)23-17-11-26(10-16(17)21)18-8-7-15(9-20)24-25-18/h3-8,12,16-17H,10-11,21H2,1-2H3,(H2,22,23,27)/t16-,17-/m0/s1. The van der Waals surface area contributed by atoms with Crippen LogP contribution in [0, 0.1) is 11.3 Å². The van der Waals surface area contributed by atoms with E-state index in [1.54, 1.807) is 12.1 Å². The van der Waals surface area contributed by atoms with Gasteiger partial charge < -0.3 is 21.3 Å². The van der Waals surface area contributed by atoms with E-state index in [2.05, 4.69) is 34.7 Å². The molecule has 3 rings (SSSR count). The van der Waals surface area contributed by atoms with Gasteiger partial charge in [-0.3, -0.25) is 0 Å². The molecule has 0 radical (unpaired) electrons. The van der Waals surface area contributed by atoms with Gasteiger partial charge in [0.2, 0.25) is 0 Å². The van der Waals surface area contributed by atoms with Crippen LogP contribution in [0.15, 0.2) is 36.4 Å². The van der Waals surface area contributed by atoms with Crippen LogP contribution < -0.4 is 21.3 Å². The molecule has 2 amide bonds. The Morgan fingerprint density at radius 3 is 2.56 bits per heavy atom. The first-order chi connectivity index (χ1) is 13.0. The van der Waals surface area contributed by atoms with Gasteiger partial charge in [0.15, 0.2) is 11.5 Å². The van der Waals surface area contributed by atoms with Gasteiger partial charge in [0.1, 0.15) is 6.07 Å². The molecule has 27 heavy (non-hydrogen) atoms. The van der Waals surface area contributed by atoms with E-state index < -0.39 is 0 Å². The zero-order chi connectivity index (χ0) is 19.4. The number of nitriles is 1. The third-order valence-corrected chi connectivity index (χ3v) is 4.61. The first-order valence-corrected chi connectivity index (χ1v) is 8.88. The molecule has 0 spiro atoms. The molecule has 2 aromatic rings. The molecule has 2 atom stereocenters. The van der Waals surface area contributed by atoms with Crippen molar-refractivity contribution in [1.82, 2.24) is 15.5 Å². The summed E-state index contributed by atoms with van der Waals surface area (Å²) in [6.45, 7) is 5.33. The number of benzene rings is 1. The average Bonchev–Trinajstić information content (AvgIpc) is 3.02. The Bertz CT molecular complexity index is 827. The molecule has 1 saturated heterocycles. The minimum Gasteiger partial charge on any atom is -0.351 e. The SMILES string of the molecule is CC(C)c1ccc(NC(=O)N[C@H]2CN(c3ccc(C#N)nn3)C[C@@H]2N)cc1. The number of anilines is 2. The van der Waals surface area contributed by atoms with Crippen molar-refractivity contribution in [1.29, 1.82) is 5.26 Å². The van der Waals surface area contributed by atoms with Crippen LogP contribution in [0.2, 0.25) is 0 Å². The first kappa shape index (κ1) is 18.6. The van der Waals surface area contributed by atoms with Crippen LogP contribution in [0.1, 0.15) is 31.0 Å². The number of rotatable bonds is 4. The number of urea groups is 1. The van der Waals surface area contributed by atoms with E-state index in [1.165, 1.54) is 5.56 Å². The van der Waals surface area contributed by atoms with Crippen molar-refractivity contribution in [3.63, 3.8) is 0 Å². The van der Waals surface area contributed by atoms with E-state index >= 15 is 0 Å². The maximum absolute atomic E-state index is 12.3.